The van der Waals surface area contributed by atoms with E-state index < -0.39 is 23.3 Å². The van der Waals surface area contributed by atoms with Crippen molar-refractivity contribution < 1.29 is 18.7 Å². The van der Waals surface area contributed by atoms with Crippen molar-refractivity contribution in [2.24, 2.45) is 5.92 Å². The summed E-state index contributed by atoms with van der Waals surface area (Å²) in [5.74, 6) is 4.81. The highest BCUT2D eigenvalue weighted by Gasteiger charge is 2.35. The van der Waals surface area contributed by atoms with Crippen molar-refractivity contribution in [2.45, 2.75) is 26.4 Å². The van der Waals surface area contributed by atoms with Gasteiger partial charge in [0.1, 0.15) is 6.04 Å². The molecule has 4 aromatic rings. The molecule has 10 heteroatoms. The summed E-state index contributed by atoms with van der Waals surface area (Å²) in [4.78, 5) is 27.1. The predicted molar refractivity (Wildman–Crippen MR) is 167 cm³/mol. The molecule has 1 aromatic heterocycles. The standard InChI is InChI=1S/C33H34N4O5S/c1-24(2)31(33(39)40)37(43(41)42)36-20-18-34(19-21-36)29-14-11-25(12-15-29)8-9-26-10-13-28-16-17-35(32(38)30(28)22-26)23-27-6-4-3-5-7-27/h3-7,10-17,22,24,31H,18-21,23H2,1-2H3,(H,39,40)(H,41,42)/p-1. The van der Waals surface area contributed by atoms with E-state index in [1.54, 1.807) is 23.4 Å². The highest BCUT2D eigenvalue weighted by atomic mass is 32.2. The maximum absolute atomic E-state index is 13.2. The summed E-state index contributed by atoms with van der Waals surface area (Å²) in [6.45, 7) is 5.74. The molecule has 43 heavy (non-hydrogen) atoms. The largest absolute Gasteiger partial charge is 0.759 e. The van der Waals surface area contributed by atoms with Crippen LogP contribution < -0.4 is 10.5 Å². The van der Waals surface area contributed by atoms with Crippen molar-refractivity contribution in [3.63, 3.8) is 0 Å². The van der Waals surface area contributed by atoms with E-state index in [2.05, 4.69) is 16.7 Å². The number of pyridine rings is 1. The topological polar surface area (TPSA) is 109 Å². The van der Waals surface area contributed by atoms with Gasteiger partial charge in [-0.1, -0.05) is 62.1 Å². The van der Waals surface area contributed by atoms with Crippen molar-refractivity contribution >= 4 is 33.7 Å². The first-order chi connectivity index (χ1) is 20.7. The Kier molecular flexibility index (Phi) is 9.38. The van der Waals surface area contributed by atoms with E-state index in [9.17, 15) is 23.5 Å². The first-order valence-electron chi connectivity index (χ1n) is 14.1. The maximum atomic E-state index is 13.2. The number of benzene rings is 3. The van der Waals surface area contributed by atoms with Gasteiger partial charge in [0, 0.05) is 65.8 Å². The smallest absolute Gasteiger partial charge is 0.323 e. The van der Waals surface area contributed by atoms with Crippen molar-refractivity contribution in [1.82, 2.24) is 14.0 Å². The van der Waals surface area contributed by atoms with Gasteiger partial charge in [0.2, 0.25) is 0 Å². The van der Waals surface area contributed by atoms with Crippen molar-refractivity contribution in [1.29, 1.82) is 0 Å². The van der Waals surface area contributed by atoms with Gasteiger partial charge in [0.05, 0.1) is 6.54 Å². The first-order valence-corrected chi connectivity index (χ1v) is 15.1. The van der Waals surface area contributed by atoms with Crippen LogP contribution >= 0.6 is 0 Å². The third kappa shape index (κ3) is 7.04. The van der Waals surface area contributed by atoms with Crippen LogP contribution in [0.15, 0.2) is 89.9 Å². The molecular formula is C33H33N4O5S-. The van der Waals surface area contributed by atoms with Crippen LogP contribution in [0.2, 0.25) is 0 Å². The maximum Gasteiger partial charge on any atom is 0.323 e. The number of carboxylic acid groups (broad SMARTS) is 1. The number of nitrogens with zero attached hydrogens (tertiary/aromatic N) is 4. The minimum Gasteiger partial charge on any atom is -0.759 e. The number of rotatable bonds is 8. The van der Waals surface area contributed by atoms with Gasteiger partial charge in [0.25, 0.3) is 5.56 Å². The molecule has 0 saturated carbocycles. The van der Waals surface area contributed by atoms with Gasteiger partial charge in [-0.25, -0.2) is 5.01 Å². The summed E-state index contributed by atoms with van der Waals surface area (Å²) in [5, 5.41) is 12.7. The number of hydrogen-bond donors (Lipinski definition) is 1. The second-order valence-corrected chi connectivity index (χ2v) is 11.6. The molecule has 2 atom stereocenters. The number of aliphatic carboxylic acids is 1. The lowest BCUT2D eigenvalue weighted by Gasteiger charge is -2.45. The normalized spacial score (nSPS) is 15.3. The average molecular weight is 598 g/mol. The molecule has 9 nitrogen and oxygen atoms in total. The van der Waals surface area contributed by atoms with Crippen molar-refractivity contribution in [3.05, 3.63) is 112 Å². The van der Waals surface area contributed by atoms with Crippen LogP contribution in [0.5, 0.6) is 0 Å². The zero-order valence-corrected chi connectivity index (χ0v) is 24.9. The number of aromatic nitrogens is 1. The minimum atomic E-state index is -2.69. The fourth-order valence-electron chi connectivity index (χ4n) is 5.31. The molecule has 0 aliphatic carbocycles. The molecule has 1 aliphatic rings. The fraction of sp³-hybridized carbons (Fsp3) is 0.273. The molecule has 2 unspecified atom stereocenters. The quantitative estimate of drug-likeness (QED) is 0.244. The molecule has 5 rings (SSSR count). The Bertz CT molecular complexity index is 1740. The molecule has 0 spiro atoms. The van der Waals surface area contributed by atoms with Gasteiger partial charge < -0.3 is 19.1 Å². The van der Waals surface area contributed by atoms with Crippen LogP contribution in [0.3, 0.4) is 0 Å². The fourth-order valence-corrected chi connectivity index (χ4v) is 6.18. The molecule has 1 fully saturated rings. The minimum absolute atomic E-state index is 0.0539. The summed E-state index contributed by atoms with van der Waals surface area (Å²) in [6, 6.07) is 24.1. The Morgan fingerprint density at radius 2 is 1.60 bits per heavy atom. The Hall–Kier alpha value is -4.27. The van der Waals surface area contributed by atoms with Gasteiger partial charge in [0.15, 0.2) is 0 Å². The summed E-state index contributed by atoms with van der Waals surface area (Å²) in [5.41, 5.74) is 3.56. The summed E-state index contributed by atoms with van der Waals surface area (Å²) in [6.07, 6.45) is 1.82. The number of carboxylic acids is 1. The number of anilines is 1. The number of piperazine rings is 1. The monoisotopic (exact) mass is 597 g/mol. The molecule has 2 heterocycles. The Morgan fingerprint density at radius 1 is 0.953 bits per heavy atom. The van der Waals surface area contributed by atoms with Crippen LogP contribution in [0.4, 0.5) is 5.69 Å². The van der Waals surface area contributed by atoms with Crippen LogP contribution in [-0.2, 0) is 22.6 Å². The van der Waals surface area contributed by atoms with Gasteiger partial charge >= 0.3 is 5.97 Å². The van der Waals surface area contributed by atoms with Crippen LogP contribution in [0.1, 0.15) is 30.5 Å². The van der Waals surface area contributed by atoms with Crippen LogP contribution in [-0.4, -0.2) is 66.0 Å². The predicted octanol–water partition coefficient (Wildman–Crippen LogP) is 3.69. The number of hydrogen-bond acceptors (Lipinski definition) is 6. The Balaban J connectivity index is 1.26. The lowest BCUT2D eigenvalue weighted by molar-refractivity contribution is -0.149. The molecule has 1 N–H and O–H groups in total. The molecule has 0 amide bonds. The first kappa shape index (κ1) is 30.2. The van der Waals surface area contributed by atoms with E-state index >= 15 is 0 Å². The Labute approximate surface area is 253 Å². The lowest BCUT2D eigenvalue weighted by atomic mass is 10.1. The highest BCUT2D eigenvalue weighted by Crippen LogP contribution is 2.22. The average Bonchev–Trinajstić information content (AvgIpc) is 3.00. The van der Waals surface area contributed by atoms with Gasteiger partial charge in [-0.05, 0) is 59.3 Å². The van der Waals surface area contributed by atoms with Gasteiger partial charge in [-0.2, -0.15) is 4.41 Å². The number of hydrazine groups is 1. The Morgan fingerprint density at radius 3 is 2.23 bits per heavy atom. The molecule has 0 bridgehead atoms. The van der Waals surface area contributed by atoms with Gasteiger partial charge in [-0.15, -0.1) is 0 Å². The van der Waals surface area contributed by atoms with E-state index in [1.807, 2.05) is 85.1 Å². The molecular weight excluding hydrogens is 564 g/mol. The summed E-state index contributed by atoms with van der Waals surface area (Å²) >= 11 is -2.69. The van der Waals surface area contributed by atoms with E-state index in [0.29, 0.717) is 38.1 Å². The third-order valence-electron chi connectivity index (χ3n) is 7.57. The summed E-state index contributed by atoms with van der Waals surface area (Å²) < 4.78 is 26.6. The number of fused-ring (bicyclic) bond motifs is 1. The molecule has 1 saturated heterocycles. The van der Waals surface area contributed by atoms with Crippen LogP contribution in [0, 0.1) is 17.8 Å². The molecule has 0 radical (unpaired) electrons. The molecule has 3 aromatic carbocycles. The van der Waals surface area contributed by atoms with Crippen molar-refractivity contribution in [2.75, 3.05) is 31.1 Å². The van der Waals surface area contributed by atoms with E-state index in [0.717, 1.165) is 32.2 Å². The van der Waals surface area contributed by atoms with E-state index in [1.165, 1.54) is 0 Å². The SMILES string of the molecule is CC(C)C(C(=O)O)N(N1CCN(c2ccc(C#Cc3ccc4ccn(Cc5ccccc5)c(=O)c4c3)cc2)CC1)S(=O)[O-]. The van der Waals surface area contributed by atoms with Crippen molar-refractivity contribution in [3.8, 4) is 11.8 Å². The zero-order chi connectivity index (χ0) is 30.5. The number of carbonyl (C=O) groups is 1. The highest BCUT2D eigenvalue weighted by molar-refractivity contribution is 7.76. The van der Waals surface area contributed by atoms with E-state index in [-0.39, 0.29) is 11.5 Å². The zero-order valence-electron chi connectivity index (χ0n) is 24.1. The summed E-state index contributed by atoms with van der Waals surface area (Å²) in [7, 11) is 0. The van der Waals surface area contributed by atoms with Crippen LogP contribution in [0.25, 0.3) is 10.8 Å². The molecule has 1 aliphatic heterocycles. The third-order valence-corrected chi connectivity index (χ3v) is 8.33. The van der Waals surface area contributed by atoms with E-state index in [4.69, 9.17) is 0 Å². The lowest BCUT2D eigenvalue weighted by Crippen LogP contribution is -2.60. The second-order valence-electron chi connectivity index (χ2n) is 10.8. The second kappa shape index (κ2) is 13.4. The molecule has 222 valence electrons. The van der Waals surface area contributed by atoms with Gasteiger partial charge in [-0.3, -0.25) is 13.8 Å².